The van der Waals surface area contributed by atoms with E-state index in [0.717, 1.165) is 5.56 Å². The lowest BCUT2D eigenvalue weighted by molar-refractivity contribution is -0.152. The summed E-state index contributed by atoms with van der Waals surface area (Å²) in [5, 5.41) is 0.864. The summed E-state index contributed by atoms with van der Waals surface area (Å²) in [7, 11) is 0. The fraction of sp³-hybridized carbons (Fsp3) is 0.143. The van der Waals surface area contributed by atoms with Crippen LogP contribution >= 0.6 is 23.2 Å². The summed E-state index contributed by atoms with van der Waals surface area (Å²) in [6.45, 7) is -0.0121. The third-order valence-electron chi connectivity index (χ3n) is 3.92. The van der Waals surface area contributed by atoms with Crippen LogP contribution in [-0.4, -0.2) is 24.6 Å². The highest BCUT2D eigenvalue weighted by Crippen LogP contribution is 2.30. The Morgan fingerprint density at radius 3 is 2.67 bits per heavy atom. The Hall–Kier alpha value is -2.56. The molecule has 2 aromatic rings. The Morgan fingerprint density at radius 2 is 1.96 bits per heavy atom. The molecule has 1 atom stereocenters. The van der Waals surface area contributed by atoms with E-state index in [4.69, 9.17) is 32.7 Å². The van der Waals surface area contributed by atoms with Gasteiger partial charge in [-0.15, -0.1) is 0 Å². The molecule has 4 nitrogen and oxygen atoms in total. The fourth-order valence-corrected chi connectivity index (χ4v) is 3.09. The average molecular weight is 403 g/mol. The van der Waals surface area contributed by atoms with Crippen molar-refractivity contribution >= 4 is 46.8 Å². The highest BCUT2D eigenvalue weighted by molar-refractivity contribution is 6.37. The van der Waals surface area contributed by atoms with Gasteiger partial charge in [-0.1, -0.05) is 65.7 Å². The molecule has 1 aliphatic heterocycles. The Labute approximate surface area is 167 Å². The Morgan fingerprint density at radius 1 is 1.19 bits per heavy atom. The van der Waals surface area contributed by atoms with Gasteiger partial charge in [0.05, 0.1) is 10.6 Å². The molecule has 138 valence electrons. The summed E-state index contributed by atoms with van der Waals surface area (Å²) in [5.41, 5.74) is 1.83. The Bertz CT molecular complexity index is 904. The Balaban J connectivity index is 1.56. The van der Waals surface area contributed by atoms with Crippen molar-refractivity contribution in [3.63, 3.8) is 0 Å². The predicted molar refractivity (Wildman–Crippen MR) is 105 cm³/mol. The molecule has 2 aromatic carbocycles. The van der Waals surface area contributed by atoms with Crippen LogP contribution in [0.5, 0.6) is 0 Å². The molecule has 0 saturated carbocycles. The second-order valence-electron chi connectivity index (χ2n) is 5.88. The number of hydrogen-bond donors (Lipinski definition) is 0. The van der Waals surface area contributed by atoms with E-state index in [-0.39, 0.29) is 6.61 Å². The van der Waals surface area contributed by atoms with Gasteiger partial charge in [0.2, 0.25) is 0 Å². The summed E-state index contributed by atoms with van der Waals surface area (Å²) < 4.78 is 10.5. The molecule has 0 radical (unpaired) electrons. The van der Waals surface area contributed by atoms with Crippen molar-refractivity contribution in [2.24, 2.45) is 0 Å². The van der Waals surface area contributed by atoms with Crippen LogP contribution in [0.25, 0.3) is 11.6 Å². The van der Waals surface area contributed by atoms with Crippen LogP contribution < -0.4 is 0 Å². The van der Waals surface area contributed by atoms with Gasteiger partial charge in [-0.25, -0.2) is 9.59 Å². The third kappa shape index (κ3) is 5.22. The van der Waals surface area contributed by atoms with E-state index in [0.29, 0.717) is 27.6 Å². The minimum atomic E-state index is -0.526. The maximum Gasteiger partial charge on any atom is 0.338 e. The lowest BCUT2D eigenvalue weighted by Gasteiger charge is -2.22. The van der Waals surface area contributed by atoms with Gasteiger partial charge < -0.3 is 9.47 Å². The van der Waals surface area contributed by atoms with E-state index >= 15 is 0 Å². The molecule has 0 saturated heterocycles. The number of rotatable bonds is 5. The number of halogens is 2. The molecule has 0 aromatic heterocycles. The lowest BCUT2D eigenvalue weighted by Crippen LogP contribution is -2.28. The average Bonchev–Trinajstić information content (AvgIpc) is 2.66. The largest absolute Gasteiger partial charge is 0.459 e. The first-order chi connectivity index (χ1) is 13.0. The van der Waals surface area contributed by atoms with Gasteiger partial charge in [-0.3, -0.25) is 0 Å². The van der Waals surface area contributed by atoms with Gasteiger partial charge in [0.1, 0.15) is 12.7 Å². The molecule has 0 fully saturated rings. The lowest BCUT2D eigenvalue weighted by atomic mass is 10.0. The second kappa shape index (κ2) is 8.89. The molecule has 3 rings (SSSR count). The second-order valence-corrected chi connectivity index (χ2v) is 6.72. The molecule has 6 heteroatoms. The summed E-state index contributed by atoms with van der Waals surface area (Å²) in [5.74, 6) is -1.00. The fourth-order valence-electron chi connectivity index (χ4n) is 2.58. The van der Waals surface area contributed by atoms with Crippen LogP contribution in [0.3, 0.4) is 0 Å². The first-order valence-electron chi connectivity index (χ1n) is 8.29. The van der Waals surface area contributed by atoms with Gasteiger partial charge in [0.25, 0.3) is 0 Å². The first-order valence-corrected chi connectivity index (χ1v) is 9.05. The van der Waals surface area contributed by atoms with Crippen molar-refractivity contribution in [1.82, 2.24) is 0 Å². The first kappa shape index (κ1) is 19.2. The normalized spacial score (nSPS) is 16.7. The summed E-state index contributed by atoms with van der Waals surface area (Å²) in [6, 6.07) is 14.3. The number of hydrogen-bond acceptors (Lipinski definition) is 4. The van der Waals surface area contributed by atoms with Crippen LogP contribution in [0, 0.1) is 0 Å². The maximum absolute atomic E-state index is 12.3. The van der Waals surface area contributed by atoms with Crippen molar-refractivity contribution < 1.29 is 19.1 Å². The van der Waals surface area contributed by atoms with Gasteiger partial charge >= 0.3 is 11.9 Å². The van der Waals surface area contributed by atoms with Crippen molar-refractivity contribution in [3.05, 3.63) is 81.9 Å². The summed E-state index contributed by atoms with van der Waals surface area (Å²) in [4.78, 5) is 24.1. The van der Waals surface area contributed by atoms with E-state index in [1.807, 2.05) is 30.3 Å². The molecular weight excluding hydrogens is 387 g/mol. The molecule has 1 aliphatic rings. The molecule has 1 unspecified atom stereocenters. The number of carbonyl (C=O) groups excluding carboxylic acids is 2. The molecular formula is C21H16Cl2O4. The molecule has 0 aliphatic carbocycles. The highest BCUT2D eigenvalue weighted by atomic mass is 35.5. The SMILES string of the molecule is O=C(/C=C/c1ccccc1)OCC1CC=C(c2ccc(Cl)cc2Cl)C(=O)O1. The highest BCUT2D eigenvalue weighted by Gasteiger charge is 2.26. The topological polar surface area (TPSA) is 52.6 Å². The van der Waals surface area contributed by atoms with E-state index < -0.39 is 18.0 Å². The van der Waals surface area contributed by atoms with E-state index in [1.165, 1.54) is 6.08 Å². The minimum Gasteiger partial charge on any atom is -0.459 e. The Kier molecular flexibility index (Phi) is 6.32. The van der Waals surface area contributed by atoms with Crippen LogP contribution in [0.4, 0.5) is 0 Å². The van der Waals surface area contributed by atoms with Crippen molar-refractivity contribution in [3.8, 4) is 0 Å². The van der Waals surface area contributed by atoms with Crippen LogP contribution in [0.2, 0.25) is 10.0 Å². The molecule has 27 heavy (non-hydrogen) atoms. The minimum absolute atomic E-state index is 0.0121. The summed E-state index contributed by atoms with van der Waals surface area (Å²) in [6.07, 6.45) is 4.64. The van der Waals surface area contributed by atoms with Crippen LogP contribution in [0.15, 0.2) is 60.7 Å². The predicted octanol–water partition coefficient (Wildman–Crippen LogP) is 4.95. The number of carbonyl (C=O) groups is 2. The van der Waals surface area contributed by atoms with Crippen LogP contribution in [0.1, 0.15) is 17.5 Å². The molecule has 1 heterocycles. The van der Waals surface area contributed by atoms with Gasteiger partial charge in [0, 0.05) is 23.1 Å². The van der Waals surface area contributed by atoms with Gasteiger partial charge in [-0.05, 0) is 23.8 Å². The number of benzene rings is 2. The van der Waals surface area contributed by atoms with E-state index in [1.54, 1.807) is 30.4 Å². The van der Waals surface area contributed by atoms with Crippen molar-refractivity contribution in [2.45, 2.75) is 12.5 Å². The van der Waals surface area contributed by atoms with Crippen molar-refractivity contribution in [2.75, 3.05) is 6.61 Å². The molecule has 0 spiro atoms. The van der Waals surface area contributed by atoms with Crippen molar-refractivity contribution in [1.29, 1.82) is 0 Å². The third-order valence-corrected chi connectivity index (χ3v) is 4.47. The number of ether oxygens (including phenoxy) is 2. The number of cyclic esters (lactones) is 1. The van der Waals surface area contributed by atoms with Crippen LogP contribution in [-0.2, 0) is 19.1 Å². The summed E-state index contributed by atoms with van der Waals surface area (Å²) >= 11 is 12.0. The van der Waals surface area contributed by atoms with Gasteiger partial charge in [-0.2, -0.15) is 0 Å². The standard InChI is InChI=1S/C21H16Cl2O4/c22-15-7-9-17(19(23)12-15)18-10-8-16(27-21(18)25)13-26-20(24)11-6-14-4-2-1-3-5-14/h1-7,9-12,16H,8,13H2/b11-6+. The monoisotopic (exact) mass is 402 g/mol. The zero-order valence-electron chi connectivity index (χ0n) is 14.2. The quantitative estimate of drug-likeness (QED) is 0.524. The molecule has 0 bridgehead atoms. The smallest absolute Gasteiger partial charge is 0.338 e. The van der Waals surface area contributed by atoms with E-state index in [9.17, 15) is 9.59 Å². The molecule has 0 N–H and O–H groups in total. The number of esters is 2. The zero-order chi connectivity index (χ0) is 19.2. The zero-order valence-corrected chi connectivity index (χ0v) is 15.7. The van der Waals surface area contributed by atoms with Gasteiger partial charge in [0.15, 0.2) is 0 Å². The molecule has 0 amide bonds. The van der Waals surface area contributed by atoms with E-state index in [2.05, 4.69) is 0 Å². The maximum atomic E-state index is 12.3.